The quantitative estimate of drug-likeness (QED) is 0.269. The highest BCUT2D eigenvalue weighted by molar-refractivity contribution is 6.30. The van der Waals surface area contributed by atoms with E-state index >= 15 is 0 Å². The Morgan fingerprint density at radius 3 is 2.78 bits per heavy atom. The van der Waals surface area contributed by atoms with Crippen LogP contribution in [0.3, 0.4) is 0 Å². The fourth-order valence-corrected chi connectivity index (χ4v) is 7.03. The third-order valence-corrected chi connectivity index (χ3v) is 9.30. The third kappa shape index (κ3) is 5.22. The maximum absolute atomic E-state index is 13.7. The van der Waals surface area contributed by atoms with Gasteiger partial charge in [0.2, 0.25) is 0 Å². The van der Waals surface area contributed by atoms with Gasteiger partial charge in [-0.3, -0.25) is 9.20 Å². The van der Waals surface area contributed by atoms with Crippen LogP contribution in [-0.2, 0) is 19.0 Å². The van der Waals surface area contributed by atoms with Crippen LogP contribution in [0.25, 0.3) is 5.65 Å². The van der Waals surface area contributed by atoms with E-state index in [4.69, 9.17) is 11.6 Å². The van der Waals surface area contributed by atoms with Gasteiger partial charge in [-0.2, -0.15) is 5.26 Å². The van der Waals surface area contributed by atoms with Gasteiger partial charge in [0.15, 0.2) is 5.65 Å². The van der Waals surface area contributed by atoms with Crippen molar-refractivity contribution in [1.82, 2.24) is 29.5 Å². The smallest absolute Gasteiger partial charge is 0.259 e. The van der Waals surface area contributed by atoms with E-state index in [1.807, 2.05) is 42.1 Å². The van der Waals surface area contributed by atoms with E-state index in [0.717, 1.165) is 36.3 Å². The molecule has 4 aromatic rings. The lowest BCUT2D eigenvalue weighted by atomic mass is 9.57. The average Bonchev–Trinajstić information content (AvgIpc) is 3.66. The number of rotatable bonds is 9. The first kappa shape index (κ1) is 27.4. The highest BCUT2D eigenvalue weighted by Crippen LogP contribution is 2.53. The van der Waals surface area contributed by atoms with E-state index < -0.39 is 0 Å². The Kier molecular flexibility index (Phi) is 7.30. The molecule has 1 aromatic carbocycles. The molecule has 0 aliphatic heterocycles. The van der Waals surface area contributed by atoms with Gasteiger partial charge < -0.3 is 15.2 Å². The Morgan fingerprint density at radius 2 is 2.05 bits per heavy atom. The molecule has 212 valence electrons. The SMILES string of the molecule is Cn1cnnc1[C@]1(c2cccc(NC(=O)c3cc(CNCC4(C)CCCC4)cn4c(Cl)cnc34)c2)C[C@H](CC#N)C1. The maximum atomic E-state index is 13.7. The molecule has 2 fully saturated rings. The lowest BCUT2D eigenvalue weighted by Gasteiger charge is -2.46. The van der Waals surface area contributed by atoms with Crippen molar-refractivity contribution in [3.8, 4) is 6.07 Å². The van der Waals surface area contributed by atoms with E-state index in [2.05, 4.69) is 44.9 Å². The number of fused-ring (bicyclic) bond motifs is 1. The summed E-state index contributed by atoms with van der Waals surface area (Å²) in [5, 5.41) is 24.9. The predicted octanol–water partition coefficient (Wildman–Crippen LogP) is 5.65. The standard InChI is InChI=1S/C31H35ClN8O/c1-30(9-3-4-10-30)19-34-16-22-12-25(27-35-17-26(32)40(27)18-22)28(41)37-24-7-5-6-23(13-24)31(14-21(15-31)8-11-33)29-38-36-20-39(29)2/h5-7,12-13,17-18,20-21,34H,3-4,8-10,14-16,19H2,1-2H3,(H,37,41)/t21-,31+. The summed E-state index contributed by atoms with van der Waals surface area (Å²) in [6, 6.07) is 12.1. The maximum Gasteiger partial charge on any atom is 0.259 e. The summed E-state index contributed by atoms with van der Waals surface area (Å²) in [6.07, 6.45) is 12.4. The fraction of sp³-hybridized carbons (Fsp3) is 0.452. The Hall–Kier alpha value is -3.74. The van der Waals surface area contributed by atoms with Crippen LogP contribution in [0.4, 0.5) is 5.69 Å². The molecule has 10 heteroatoms. The number of aromatic nitrogens is 5. The van der Waals surface area contributed by atoms with Crippen molar-refractivity contribution in [2.45, 2.75) is 63.8 Å². The second-order valence-electron chi connectivity index (χ2n) is 12.2. The van der Waals surface area contributed by atoms with Crippen molar-refractivity contribution in [3.63, 3.8) is 0 Å². The van der Waals surface area contributed by atoms with Gasteiger partial charge in [-0.1, -0.05) is 43.5 Å². The van der Waals surface area contributed by atoms with Crippen molar-refractivity contribution >= 4 is 28.8 Å². The summed E-state index contributed by atoms with van der Waals surface area (Å²) in [6.45, 7) is 3.93. The van der Waals surface area contributed by atoms with Gasteiger partial charge in [-0.25, -0.2) is 4.98 Å². The first-order valence-corrected chi connectivity index (χ1v) is 14.7. The number of hydrogen-bond acceptors (Lipinski definition) is 6. The summed E-state index contributed by atoms with van der Waals surface area (Å²) in [5.74, 6) is 0.930. The van der Waals surface area contributed by atoms with Crippen LogP contribution in [0.1, 0.15) is 79.2 Å². The molecule has 2 aliphatic rings. The van der Waals surface area contributed by atoms with Gasteiger partial charge >= 0.3 is 0 Å². The minimum absolute atomic E-state index is 0.248. The molecule has 6 rings (SSSR count). The number of hydrogen-bond donors (Lipinski definition) is 2. The molecule has 1 amide bonds. The van der Waals surface area contributed by atoms with Gasteiger partial charge in [0.1, 0.15) is 17.3 Å². The van der Waals surface area contributed by atoms with Crippen LogP contribution in [0, 0.1) is 22.7 Å². The van der Waals surface area contributed by atoms with Crippen LogP contribution in [0.2, 0.25) is 5.15 Å². The number of halogens is 1. The van der Waals surface area contributed by atoms with Gasteiger partial charge in [0.05, 0.1) is 23.2 Å². The summed E-state index contributed by atoms with van der Waals surface area (Å²) in [5.41, 5.74) is 3.67. The fourth-order valence-electron chi connectivity index (χ4n) is 6.85. The number of nitrogens with one attached hydrogen (secondary N) is 2. The third-order valence-electron chi connectivity index (χ3n) is 9.02. The first-order valence-electron chi connectivity index (χ1n) is 14.3. The molecule has 9 nitrogen and oxygen atoms in total. The Labute approximate surface area is 244 Å². The number of nitrogens with zero attached hydrogens (tertiary/aromatic N) is 6. The number of imidazole rings is 1. The number of amides is 1. The van der Waals surface area contributed by atoms with Crippen LogP contribution in [-0.4, -0.2) is 36.6 Å². The van der Waals surface area contributed by atoms with E-state index in [1.165, 1.54) is 25.7 Å². The molecular formula is C31H35ClN8O. The molecule has 0 bridgehead atoms. The predicted molar refractivity (Wildman–Crippen MR) is 158 cm³/mol. The van der Waals surface area contributed by atoms with Crippen molar-refractivity contribution in [1.29, 1.82) is 5.26 Å². The lowest BCUT2D eigenvalue weighted by Crippen LogP contribution is -2.44. The average molecular weight is 571 g/mol. The molecule has 2 saturated carbocycles. The number of nitriles is 1. The van der Waals surface area contributed by atoms with Gasteiger partial charge in [0, 0.05) is 38.4 Å². The monoisotopic (exact) mass is 570 g/mol. The molecule has 0 unspecified atom stereocenters. The minimum atomic E-state index is -0.348. The van der Waals surface area contributed by atoms with E-state index in [9.17, 15) is 10.1 Å². The summed E-state index contributed by atoms with van der Waals surface area (Å²) in [7, 11) is 1.94. The molecule has 3 heterocycles. The topological polar surface area (TPSA) is 113 Å². The number of pyridine rings is 1. The van der Waals surface area contributed by atoms with Gasteiger partial charge in [-0.05, 0) is 66.3 Å². The van der Waals surface area contributed by atoms with Crippen LogP contribution in [0.15, 0.2) is 49.1 Å². The van der Waals surface area contributed by atoms with Gasteiger partial charge in [0.25, 0.3) is 5.91 Å². The van der Waals surface area contributed by atoms with E-state index in [-0.39, 0.29) is 11.3 Å². The molecular weight excluding hydrogens is 536 g/mol. The van der Waals surface area contributed by atoms with Crippen molar-refractivity contribution in [3.05, 3.63) is 76.7 Å². The number of benzene rings is 1. The Bertz CT molecular complexity index is 1620. The first-order chi connectivity index (χ1) is 19.8. The Morgan fingerprint density at radius 1 is 1.24 bits per heavy atom. The van der Waals surface area contributed by atoms with Gasteiger partial charge in [-0.15, -0.1) is 10.2 Å². The van der Waals surface area contributed by atoms with Crippen LogP contribution in [0.5, 0.6) is 0 Å². The summed E-state index contributed by atoms with van der Waals surface area (Å²) >= 11 is 6.45. The Balaban J connectivity index is 1.25. The summed E-state index contributed by atoms with van der Waals surface area (Å²) in [4.78, 5) is 18.1. The van der Waals surface area contributed by atoms with Crippen molar-refractivity contribution in [2.75, 3.05) is 11.9 Å². The molecule has 0 atom stereocenters. The minimum Gasteiger partial charge on any atom is -0.322 e. The molecule has 2 aliphatic carbocycles. The molecule has 2 N–H and O–H groups in total. The zero-order valence-electron chi connectivity index (χ0n) is 23.5. The number of anilines is 1. The number of carbonyl (C=O) groups is 1. The zero-order chi connectivity index (χ0) is 28.6. The highest BCUT2D eigenvalue weighted by atomic mass is 35.5. The largest absolute Gasteiger partial charge is 0.322 e. The van der Waals surface area contributed by atoms with Crippen LogP contribution < -0.4 is 10.6 Å². The normalized spacial score (nSPS) is 21.5. The number of aryl methyl sites for hydroxylation is 1. The molecule has 0 spiro atoms. The molecule has 3 aromatic heterocycles. The van der Waals surface area contributed by atoms with Crippen molar-refractivity contribution < 1.29 is 4.79 Å². The van der Waals surface area contributed by atoms with Crippen molar-refractivity contribution in [2.24, 2.45) is 18.4 Å². The number of carbonyl (C=O) groups excluding carboxylic acids is 1. The molecule has 41 heavy (non-hydrogen) atoms. The second-order valence-corrected chi connectivity index (χ2v) is 12.6. The summed E-state index contributed by atoms with van der Waals surface area (Å²) < 4.78 is 3.72. The van der Waals surface area contributed by atoms with E-state index in [0.29, 0.717) is 46.3 Å². The van der Waals surface area contributed by atoms with Crippen LogP contribution >= 0.6 is 11.6 Å². The highest BCUT2D eigenvalue weighted by Gasteiger charge is 2.49. The zero-order valence-corrected chi connectivity index (χ0v) is 24.3. The second kappa shape index (κ2) is 10.9. The molecule has 0 saturated heterocycles. The molecule has 0 radical (unpaired) electrons. The lowest BCUT2D eigenvalue weighted by molar-refractivity contribution is 0.102. The van der Waals surface area contributed by atoms with E-state index in [1.54, 1.807) is 16.9 Å².